The third-order valence-corrected chi connectivity index (χ3v) is 2.81. The average Bonchev–Trinajstić information content (AvgIpc) is 2.43. The van der Waals surface area contributed by atoms with Gasteiger partial charge in [0.2, 0.25) is 0 Å². The van der Waals surface area contributed by atoms with Gasteiger partial charge in [0.05, 0.1) is 10.6 Å². The van der Waals surface area contributed by atoms with E-state index < -0.39 is 0 Å². The summed E-state index contributed by atoms with van der Waals surface area (Å²) in [5.74, 6) is 0. The van der Waals surface area contributed by atoms with Crippen LogP contribution in [0.15, 0.2) is 11.1 Å². The Kier molecular flexibility index (Phi) is 3.29. The summed E-state index contributed by atoms with van der Waals surface area (Å²) in [7, 11) is 0. The SMILES string of the molecule is CCN=Cc1sc(CC)cc1N. The minimum atomic E-state index is 0.818. The van der Waals surface area contributed by atoms with E-state index in [1.54, 1.807) is 11.3 Å². The van der Waals surface area contributed by atoms with Gasteiger partial charge in [0.1, 0.15) is 0 Å². The zero-order valence-corrected chi connectivity index (χ0v) is 8.32. The first-order valence-electron chi connectivity index (χ1n) is 4.16. The Labute approximate surface area is 77.1 Å². The molecule has 0 aliphatic rings. The van der Waals surface area contributed by atoms with E-state index >= 15 is 0 Å². The third kappa shape index (κ3) is 2.08. The van der Waals surface area contributed by atoms with Gasteiger partial charge in [-0.25, -0.2) is 0 Å². The second-order valence-corrected chi connectivity index (χ2v) is 3.68. The molecule has 0 aliphatic heterocycles. The summed E-state index contributed by atoms with van der Waals surface area (Å²) in [5, 5.41) is 0. The number of anilines is 1. The molecule has 1 rings (SSSR count). The fourth-order valence-electron chi connectivity index (χ4n) is 0.924. The molecule has 0 bridgehead atoms. The van der Waals surface area contributed by atoms with Crippen molar-refractivity contribution in [2.75, 3.05) is 12.3 Å². The Morgan fingerprint density at radius 3 is 2.83 bits per heavy atom. The van der Waals surface area contributed by atoms with Crippen molar-refractivity contribution in [3.8, 4) is 0 Å². The van der Waals surface area contributed by atoms with Crippen LogP contribution in [0.3, 0.4) is 0 Å². The smallest absolute Gasteiger partial charge is 0.0681 e. The molecule has 2 N–H and O–H groups in total. The molecule has 0 aliphatic carbocycles. The summed E-state index contributed by atoms with van der Waals surface area (Å²) in [6.07, 6.45) is 2.91. The van der Waals surface area contributed by atoms with Crippen LogP contribution in [-0.4, -0.2) is 12.8 Å². The van der Waals surface area contributed by atoms with E-state index in [2.05, 4.69) is 11.9 Å². The van der Waals surface area contributed by atoms with Gasteiger partial charge in [0, 0.05) is 17.6 Å². The number of rotatable bonds is 3. The van der Waals surface area contributed by atoms with Crippen LogP contribution in [0, 0.1) is 0 Å². The van der Waals surface area contributed by atoms with Gasteiger partial charge in [-0.15, -0.1) is 11.3 Å². The molecule has 1 heterocycles. The van der Waals surface area contributed by atoms with Crippen molar-refractivity contribution >= 4 is 23.2 Å². The molecular formula is C9H14N2S. The summed E-state index contributed by atoms with van der Waals surface area (Å²) in [6.45, 7) is 4.96. The number of nitrogens with two attached hydrogens (primary N) is 1. The van der Waals surface area contributed by atoms with Crippen LogP contribution in [-0.2, 0) is 6.42 Å². The van der Waals surface area contributed by atoms with Gasteiger partial charge < -0.3 is 5.73 Å². The Morgan fingerprint density at radius 2 is 2.33 bits per heavy atom. The first kappa shape index (κ1) is 9.26. The molecule has 2 nitrogen and oxygen atoms in total. The number of hydrogen-bond acceptors (Lipinski definition) is 3. The van der Waals surface area contributed by atoms with Crippen molar-refractivity contribution in [2.45, 2.75) is 20.3 Å². The lowest BCUT2D eigenvalue weighted by Gasteiger charge is -1.86. The van der Waals surface area contributed by atoms with E-state index in [-0.39, 0.29) is 0 Å². The molecular weight excluding hydrogens is 168 g/mol. The Balaban J connectivity index is 2.84. The zero-order chi connectivity index (χ0) is 8.97. The Hall–Kier alpha value is -0.830. The summed E-state index contributed by atoms with van der Waals surface area (Å²) >= 11 is 1.73. The maximum absolute atomic E-state index is 5.78. The fraction of sp³-hybridized carbons (Fsp3) is 0.444. The summed E-state index contributed by atoms with van der Waals surface area (Å²) in [4.78, 5) is 6.57. The Morgan fingerprint density at radius 1 is 1.58 bits per heavy atom. The number of nitrogen functional groups attached to an aromatic ring is 1. The lowest BCUT2D eigenvalue weighted by molar-refractivity contribution is 1.14. The second-order valence-electron chi connectivity index (χ2n) is 2.51. The molecule has 3 heteroatoms. The molecule has 0 unspecified atom stereocenters. The minimum Gasteiger partial charge on any atom is -0.398 e. The standard InChI is InChI=1S/C9H14N2S/c1-3-7-5-8(10)9(12-7)6-11-4-2/h5-6H,3-4,10H2,1-2H3. The minimum absolute atomic E-state index is 0.818. The van der Waals surface area contributed by atoms with Crippen LogP contribution in [0.25, 0.3) is 0 Å². The van der Waals surface area contributed by atoms with E-state index in [1.807, 2.05) is 19.2 Å². The number of aliphatic imine (C=N–C) groups is 1. The van der Waals surface area contributed by atoms with Crippen LogP contribution < -0.4 is 5.73 Å². The van der Waals surface area contributed by atoms with E-state index in [1.165, 1.54) is 4.88 Å². The molecule has 0 amide bonds. The van der Waals surface area contributed by atoms with Crippen LogP contribution in [0.1, 0.15) is 23.6 Å². The predicted octanol–water partition coefficient (Wildman–Crippen LogP) is 2.33. The summed E-state index contributed by atoms with van der Waals surface area (Å²) in [6, 6.07) is 2.03. The van der Waals surface area contributed by atoms with Crippen molar-refractivity contribution < 1.29 is 0 Å². The number of hydrogen-bond donors (Lipinski definition) is 1. The Bertz CT molecular complexity index is 276. The van der Waals surface area contributed by atoms with Crippen LogP contribution in [0.4, 0.5) is 5.69 Å². The third-order valence-electron chi connectivity index (χ3n) is 1.58. The highest BCUT2D eigenvalue weighted by Crippen LogP contribution is 2.23. The lowest BCUT2D eigenvalue weighted by Crippen LogP contribution is -1.86. The topological polar surface area (TPSA) is 38.4 Å². The van der Waals surface area contributed by atoms with Crippen LogP contribution >= 0.6 is 11.3 Å². The zero-order valence-electron chi connectivity index (χ0n) is 7.50. The van der Waals surface area contributed by atoms with E-state index in [0.29, 0.717) is 0 Å². The van der Waals surface area contributed by atoms with Crippen molar-refractivity contribution in [2.24, 2.45) is 4.99 Å². The summed E-state index contributed by atoms with van der Waals surface area (Å²) < 4.78 is 0. The molecule has 66 valence electrons. The normalized spacial score (nSPS) is 11.2. The molecule has 12 heavy (non-hydrogen) atoms. The first-order chi connectivity index (χ1) is 5.77. The van der Waals surface area contributed by atoms with Gasteiger partial charge in [-0.3, -0.25) is 4.99 Å². The maximum atomic E-state index is 5.78. The van der Waals surface area contributed by atoms with E-state index in [9.17, 15) is 0 Å². The van der Waals surface area contributed by atoms with Gasteiger partial charge in [0.15, 0.2) is 0 Å². The number of aryl methyl sites for hydroxylation is 1. The van der Waals surface area contributed by atoms with Gasteiger partial charge in [0.25, 0.3) is 0 Å². The highest BCUT2D eigenvalue weighted by Gasteiger charge is 2.01. The predicted molar refractivity (Wildman–Crippen MR) is 56.2 cm³/mol. The van der Waals surface area contributed by atoms with Crippen molar-refractivity contribution in [3.63, 3.8) is 0 Å². The van der Waals surface area contributed by atoms with Crippen molar-refractivity contribution in [1.82, 2.24) is 0 Å². The highest BCUT2D eigenvalue weighted by molar-refractivity contribution is 7.14. The monoisotopic (exact) mass is 182 g/mol. The lowest BCUT2D eigenvalue weighted by atomic mass is 10.3. The van der Waals surface area contributed by atoms with Crippen LogP contribution in [0.5, 0.6) is 0 Å². The fourth-order valence-corrected chi connectivity index (χ4v) is 1.84. The first-order valence-corrected chi connectivity index (χ1v) is 4.97. The van der Waals surface area contributed by atoms with Crippen molar-refractivity contribution in [3.05, 3.63) is 15.8 Å². The second kappa shape index (κ2) is 4.26. The molecule has 0 saturated heterocycles. The molecule has 1 aromatic heterocycles. The molecule has 1 aromatic rings. The van der Waals surface area contributed by atoms with Crippen LogP contribution in [0.2, 0.25) is 0 Å². The van der Waals surface area contributed by atoms with Gasteiger partial charge in [-0.1, -0.05) is 6.92 Å². The molecule has 0 spiro atoms. The van der Waals surface area contributed by atoms with Gasteiger partial charge in [-0.2, -0.15) is 0 Å². The maximum Gasteiger partial charge on any atom is 0.0681 e. The largest absolute Gasteiger partial charge is 0.398 e. The number of thiophene rings is 1. The highest BCUT2D eigenvalue weighted by atomic mass is 32.1. The van der Waals surface area contributed by atoms with Crippen molar-refractivity contribution in [1.29, 1.82) is 0 Å². The molecule has 0 saturated carbocycles. The molecule has 0 radical (unpaired) electrons. The quantitative estimate of drug-likeness (QED) is 0.716. The van der Waals surface area contributed by atoms with Gasteiger partial charge in [-0.05, 0) is 19.4 Å². The molecule has 0 atom stereocenters. The number of nitrogens with zero attached hydrogens (tertiary/aromatic N) is 1. The van der Waals surface area contributed by atoms with E-state index in [4.69, 9.17) is 5.73 Å². The average molecular weight is 182 g/mol. The van der Waals surface area contributed by atoms with E-state index in [0.717, 1.165) is 23.5 Å². The van der Waals surface area contributed by atoms with Gasteiger partial charge >= 0.3 is 0 Å². The molecule has 0 fully saturated rings. The summed E-state index contributed by atoms with van der Waals surface area (Å²) in [5.41, 5.74) is 6.63. The molecule has 0 aromatic carbocycles.